The Labute approximate surface area is 275 Å². The monoisotopic (exact) mass is 606 g/mol. The topological polar surface area (TPSA) is 41.9 Å². The molecule has 47 heavy (non-hydrogen) atoms. The summed E-state index contributed by atoms with van der Waals surface area (Å²) in [5.74, 6) is 2.71. The molecule has 0 saturated heterocycles. The smallest absolute Gasteiger partial charge is 0.164 e. The third-order valence-electron chi connectivity index (χ3n) is 10.1. The fourth-order valence-electron chi connectivity index (χ4n) is 7.74. The molecule has 0 saturated carbocycles. The highest BCUT2D eigenvalue weighted by Gasteiger charge is 2.48. The summed E-state index contributed by atoms with van der Waals surface area (Å²) in [6, 6.07) is 38.5. The molecule has 0 bridgehead atoms. The summed E-state index contributed by atoms with van der Waals surface area (Å²) >= 11 is 0. The number of allylic oxidation sites excluding steroid dienone is 3. The van der Waals surface area contributed by atoms with Crippen molar-refractivity contribution in [1.82, 2.24) is 15.0 Å². The van der Waals surface area contributed by atoms with Crippen LogP contribution in [-0.2, 0) is 6.42 Å². The molecule has 6 aromatic rings. The average Bonchev–Trinajstić information content (AvgIpc) is 3.37. The molecule has 0 amide bonds. The Morgan fingerprint density at radius 2 is 1.30 bits per heavy atom. The van der Waals surface area contributed by atoms with Gasteiger partial charge in [0.25, 0.3) is 0 Å². The lowest BCUT2D eigenvalue weighted by molar-refractivity contribution is 0.540. The van der Waals surface area contributed by atoms with E-state index in [1.807, 2.05) is 36.4 Å². The van der Waals surface area contributed by atoms with E-state index in [1.54, 1.807) is 0 Å². The van der Waals surface area contributed by atoms with Gasteiger partial charge in [-0.2, -0.15) is 0 Å². The summed E-state index contributed by atoms with van der Waals surface area (Å²) in [4.78, 5) is 17.8. The molecule has 5 aromatic carbocycles. The van der Waals surface area contributed by atoms with Crippen LogP contribution in [0.1, 0.15) is 36.5 Å². The van der Waals surface area contributed by atoms with Crippen LogP contribution in [0.4, 0.5) is 11.4 Å². The second-order valence-corrected chi connectivity index (χ2v) is 13.1. The van der Waals surface area contributed by atoms with Crippen LogP contribution < -0.4 is 4.90 Å². The largest absolute Gasteiger partial charge is 0.331 e. The van der Waals surface area contributed by atoms with Crippen LogP contribution in [0, 0.1) is 5.92 Å². The minimum absolute atomic E-state index is 0.234. The molecule has 0 fully saturated rings. The van der Waals surface area contributed by atoms with Gasteiger partial charge in [0.15, 0.2) is 17.5 Å². The number of aromatic nitrogens is 3. The molecule has 1 aromatic heterocycles. The predicted octanol–water partition coefficient (Wildman–Crippen LogP) is 10.4. The second-order valence-electron chi connectivity index (χ2n) is 13.1. The Hall–Kier alpha value is -5.61. The fraction of sp³-hybridized carbons (Fsp3) is 0.140. The highest BCUT2D eigenvalue weighted by atomic mass is 15.2. The molecule has 2 aliphatic carbocycles. The van der Waals surface area contributed by atoms with E-state index in [4.69, 9.17) is 15.0 Å². The number of hydrogen-bond donors (Lipinski definition) is 0. The van der Waals surface area contributed by atoms with Crippen LogP contribution in [0.3, 0.4) is 0 Å². The van der Waals surface area contributed by atoms with E-state index in [1.165, 1.54) is 38.8 Å². The third-order valence-corrected chi connectivity index (χ3v) is 10.1. The van der Waals surface area contributed by atoms with E-state index in [-0.39, 0.29) is 11.5 Å². The van der Waals surface area contributed by atoms with E-state index < -0.39 is 0 Å². The van der Waals surface area contributed by atoms with Crippen molar-refractivity contribution in [3.63, 3.8) is 0 Å². The highest BCUT2D eigenvalue weighted by Crippen LogP contribution is 2.56. The average molecular weight is 607 g/mol. The third kappa shape index (κ3) is 4.47. The zero-order valence-corrected chi connectivity index (χ0v) is 26.5. The van der Waals surface area contributed by atoms with Crippen molar-refractivity contribution >= 4 is 28.2 Å². The lowest BCUT2D eigenvalue weighted by Gasteiger charge is -2.41. The van der Waals surface area contributed by atoms with Gasteiger partial charge in [-0.25, -0.2) is 15.0 Å². The number of anilines is 2. The Morgan fingerprint density at radius 3 is 2.00 bits per heavy atom. The van der Waals surface area contributed by atoms with Crippen molar-refractivity contribution < 1.29 is 0 Å². The molecule has 4 nitrogen and oxygen atoms in total. The number of nitrogens with zero attached hydrogens (tertiary/aromatic N) is 4. The SMILES string of the molecule is CC1C=Cc2c(-c3nc(-c4ccccc4)nc(-c4ccccc4)n3)ccc(N3c4cc5ccccc5cc4C4C=CC=CC43C)c2C1. The highest BCUT2D eigenvalue weighted by molar-refractivity contribution is 5.93. The van der Waals surface area contributed by atoms with Crippen LogP contribution in [0.15, 0.2) is 140 Å². The number of hydrogen-bond acceptors (Lipinski definition) is 4. The molecule has 226 valence electrons. The molecule has 2 heterocycles. The minimum Gasteiger partial charge on any atom is -0.331 e. The van der Waals surface area contributed by atoms with Crippen LogP contribution in [0.5, 0.6) is 0 Å². The summed E-state index contributed by atoms with van der Waals surface area (Å²) in [5, 5.41) is 2.54. The Kier molecular flexibility index (Phi) is 6.32. The maximum absolute atomic E-state index is 5.11. The molecule has 3 unspecified atom stereocenters. The number of rotatable bonds is 4. The predicted molar refractivity (Wildman–Crippen MR) is 194 cm³/mol. The van der Waals surface area contributed by atoms with E-state index in [0.29, 0.717) is 23.4 Å². The van der Waals surface area contributed by atoms with E-state index in [0.717, 1.165) is 23.1 Å². The summed E-state index contributed by atoms with van der Waals surface area (Å²) in [5.41, 5.74) is 9.18. The first-order valence-electron chi connectivity index (χ1n) is 16.5. The molecule has 3 atom stereocenters. The van der Waals surface area contributed by atoms with Gasteiger partial charge >= 0.3 is 0 Å². The molecular formula is C43H34N4. The number of fused-ring (bicyclic) bond motifs is 5. The standard InChI is InChI=1S/C43H34N4/c1-28-20-21-33-34(42-45-40(29-13-5-3-6-14-29)44-41(46-42)30-15-7-4-8-16-30)22-23-38(35(33)25-28)47-39-27-32-18-10-9-17-31(32)26-36(39)37-19-11-12-24-43(37,47)2/h3-24,26-28,37H,25H2,1-2H3. The summed E-state index contributed by atoms with van der Waals surface area (Å²) in [6.07, 6.45) is 14.7. The van der Waals surface area contributed by atoms with Gasteiger partial charge in [-0.1, -0.05) is 128 Å². The molecule has 9 rings (SSSR count). The van der Waals surface area contributed by atoms with Gasteiger partial charge in [0.2, 0.25) is 0 Å². The molecule has 1 aliphatic heterocycles. The fourth-order valence-corrected chi connectivity index (χ4v) is 7.74. The zero-order valence-electron chi connectivity index (χ0n) is 26.5. The quantitative estimate of drug-likeness (QED) is 0.200. The maximum Gasteiger partial charge on any atom is 0.164 e. The molecule has 3 aliphatic rings. The Balaban J connectivity index is 1.27. The van der Waals surface area contributed by atoms with Crippen LogP contribution >= 0.6 is 0 Å². The van der Waals surface area contributed by atoms with Gasteiger partial charge in [0.1, 0.15) is 0 Å². The van der Waals surface area contributed by atoms with Crippen molar-refractivity contribution in [2.45, 2.75) is 31.7 Å². The zero-order chi connectivity index (χ0) is 31.5. The first kappa shape index (κ1) is 27.7. The Morgan fingerprint density at radius 1 is 0.660 bits per heavy atom. The van der Waals surface area contributed by atoms with Gasteiger partial charge in [-0.15, -0.1) is 0 Å². The minimum atomic E-state index is -0.234. The summed E-state index contributed by atoms with van der Waals surface area (Å²) < 4.78 is 0. The van der Waals surface area contributed by atoms with Crippen molar-refractivity contribution in [3.8, 4) is 34.2 Å². The first-order valence-corrected chi connectivity index (χ1v) is 16.5. The van der Waals surface area contributed by atoms with E-state index >= 15 is 0 Å². The number of benzene rings is 5. The maximum atomic E-state index is 5.11. The Bertz CT molecular complexity index is 2210. The van der Waals surface area contributed by atoms with Crippen molar-refractivity contribution in [3.05, 3.63) is 156 Å². The van der Waals surface area contributed by atoms with Gasteiger partial charge in [0, 0.05) is 34.0 Å². The van der Waals surface area contributed by atoms with Gasteiger partial charge in [-0.3, -0.25) is 0 Å². The van der Waals surface area contributed by atoms with Crippen LogP contribution in [-0.4, -0.2) is 20.5 Å². The van der Waals surface area contributed by atoms with Crippen LogP contribution in [0.2, 0.25) is 0 Å². The molecule has 4 heteroatoms. The first-order chi connectivity index (χ1) is 23.1. The van der Waals surface area contributed by atoms with Gasteiger partial charge in [0.05, 0.1) is 5.54 Å². The lowest BCUT2D eigenvalue weighted by atomic mass is 9.79. The van der Waals surface area contributed by atoms with Crippen molar-refractivity contribution in [2.75, 3.05) is 4.90 Å². The van der Waals surface area contributed by atoms with Gasteiger partial charge < -0.3 is 4.90 Å². The molecule has 0 radical (unpaired) electrons. The summed E-state index contributed by atoms with van der Waals surface area (Å²) in [6.45, 7) is 4.69. The molecule has 0 N–H and O–H groups in total. The molecule has 0 spiro atoms. The summed E-state index contributed by atoms with van der Waals surface area (Å²) in [7, 11) is 0. The second kappa shape index (κ2) is 10.7. The van der Waals surface area contributed by atoms with E-state index in [9.17, 15) is 0 Å². The van der Waals surface area contributed by atoms with Crippen molar-refractivity contribution in [1.29, 1.82) is 0 Å². The lowest BCUT2D eigenvalue weighted by Crippen LogP contribution is -2.42. The van der Waals surface area contributed by atoms with Crippen LogP contribution in [0.25, 0.3) is 51.0 Å². The molecular weight excluding hydrogens is 573 g/mol. The normalized spacial score (nSPS) is 20.7. The van der Waals surface area contributed by atoms with Gasteiger partial charge in [-0.05, 0) is 71.0 Å². The van der Waals surface area contributed by atoms with E-state index in [2.05, 4.69) is 128 Å². The van der Waals surface area contributed by atoms with Crippen molar-refractivity contribution in [2.24, 2.45) is 5.92 Å².